The van der Waals surface area contributed by atoms with E-state index in [4.69, 9.17) is 4.74 Å². The first kappa shape index (κ1) is 21.2. The molecule has 0 radical (unpaired) electrons. The van der Waals surface area contributed by atoms with Crippen molar-refractivity contribution < 1.29 is 14.3 Å². The standard InChI is InChI=1S/C26H25NO3S/c1-18-15-16-22-21(17-18)26(19-11-7-5-8-12-19,31-20-13-9-6-10-14-20)23(28)27(22)24(29)30-25(2,3)4/h5-17H,1-4H3/t26-/m0/s1. The first-order valence-electron chi connectivity index (χ1n) is 10.2. The summed E-state index contributed by atoms with van der Waals surface area (Å²) < 4.78 is 4.52. The van der Waals surface area contributed by atoms with E-state index in [1.165, 1.54) is 16.7 Å². The minimum Gasteiger partial charge on any atom is -0.443 e. The molecule has 3 aromatic carbocycles. The van der Waals surface area contributed by atoms with Crippen molar-refractivity contribution in [2.24, 2.45) is 0 Å². The third-order valence-corrected chi connectivity index (χ3v) is 6.49. The molecule has 0 unspecified atom stereocenters. The summed E-state index contributed by atoms with van der Waals surface area (Å²) in [6, 6.07) is 25.2. The van der Waals surface area contributed by atoms with Crippen molar-refractivity contribution in [1.82, 2.24) is 0 Å². The van der Waals surface area contributed by atoms with Crippen LogP contribution in [0.4, 0.5) is 10.5 Å². The van der Waals surface area contributed by atoms with E-state index >= 15 is 0 Å². The molecule has 0 aliphatic carbocycles. The Kier molecular flexibility index (Phi) is 5.40. The van der Waals surface area contributed by atoms with Gasteiger partial charge in [-0.05, 0) is 51.5 Å². The van der Waals surface area contributed by atoms with Crippen LogP contribution in [0, 0.1) is 6.92 Å². The van der Waals surface area contributed by atoms with Crippen LogP contribution >= 0.6 is 11.8 Å². The summed E-state index contributed by atoms with van der Waals surface area (Å²) in [7, 11) is 0. The molecular formula is C26H25NO3S. The molecule has 0 spiro atoms. The van der Waals surface area contributed by atoms with Gasteiger partial charge >= 0.3 is 6.09 Å². The predicted octanol–water partition coefficient (Wildman–Crippen LogP) is 6.31. The average Bonchev–Trinajstić information content (AvgIpc) is 2.97. The molecule has 2 amide bonds. The molecule has 0 saturated heterocycles. The zero-order valence-corrected chi connectivity index (χ0v) is 18.9. The second-order valence-corrected chi connectivity index (χ2v) is 9.89. The van der Waals surface area contributed by atoms with E-state index in [-0.39, 0.29) is 5.91 Å². The van der Waals surface area contributed by atoms with E-state index in [9.17, 15) is 9.59 Å². The minimum absolute atomic E-state index is 0.317. The van der Waals surface area contributed by atoms with Crippen LogP contribution in [0.1, 0.15) is 37.5 Å². The fourth-order valence-corrected chi connectivity index (χ4v) is 5.13. The van der Waals surface area contributed by atoms with Crippen LogP contribution in [0.25, 0.3) is 0 Å². The lowest BCUT2D eigenvalue weighted by molar-refractivity contribution is -0.119. The van der Waals surface area contributed by atoms with E-state index in [0.717, 1.165) is 21.6 Å². The van der Waals surface area contributed by atoms with Gasteiger partial charge < -0.3 is 4.74 Å². The Morgan fingerprint density at radius 2 is 1.55 bits per heavy atom. The van der Waals surface area contributed by atoms with E-state index in [2.05, 4.69) is 0 Å². The van der Waals surface area contributed by atoms with Gasteiger partial charge in [0.2, 0.25) is 0 Å². The summed E-state index contributed by atoms with van der Waals surface area (Å²) in [6.45, 7) is 7.38. The molecule has 1 heterocycles. The molecule has 3 aromatic rings. The van der Waals surface area contributed by atoms with Crippen molar-refractivity contribution in [3.05, 3.63) is 95.6 Å². The SMILES string of the molecule is Cc1ccc2c(c1)[C@@](Sc1ccccc1)(c1ccccc1)C(=O)N2C(=O)OC(C)(C)C. The van der Waals surface area contributed by atoms with Crippen LogP contribution in [0.3, 0.4) is 0 Å². The van der Waals surface area contributed by atoms with Crippen molar-refractivity contribution in [2.75, 3.05) is 4.90 Å². The molecule has 1 atom stereocenters. The highest BCUT2D eigenvalue weighted by molar-refractivity contribution is 8.01. The summed E-state index contributed by atoms with van der Waals surface area (Å²) in [5.74, 6) is -0.317. The van der Waals surface area contributed by atoms with Crippen molar-refractivity contribution in [1.29, 1.82) is 0 Å². The van der Waals surface area contributed by atoms with Crippen molar-refractivity contribution in [3.8, 4) is 0 Å². The fourth-order valence-electron chi connectivity index (χ4n) is 3.77. The van der Waals surface area contributed by atoms with E-state index in [1.54, 1.807) is 20.8 Å². The van der Waals surface area contributed by atoms with Gasteiger partial charge in [-0.2, -0.15) is 0 Å². The lowest BCUT2D eigenvalue weighted by Crippen LogP contribution is -2.44. The smallest absolute Gasteiger partial charge is 0.421 e. The van der Waals surface area contributed by atoms with Crippen LogP contribution in [-0.4, -0.2) is 17.6 Å². The summed E-state index contributed by atoms with van der Waals surface area (Å²) in [4.78, 5) is 29.4. The number of aryl methyl sites for hydroxylation is 1. The number of carbonyl (C=O) groups is 2. The number of nitrogens with zero attached hydrogens (tertiary/aromatic N) is 1. The number of thioether (sulfide) groups is 1. The third kappa shape index (κ3) is 3.86. The van der Waals surface area contributed by atoms with Gasteiger partial charge in [-0.1, -0.05) is 78.0 Å². The minimum atomic E-state index is -1.10. The Morgan fingerprint density at radius 3 is 2.16 bits per heavy atom. The maximum Gasteiger partial charge on any atom is 0.421 e. The number of benzene rings is 3. The van der Waals surface area contributed by atoms with Gasteiger partial charge in [0.15, 0.2) is 4.75 Å². The second kappa shape index (κ2) is 7.89. The summed E-state index contributed by atoms with van der Waals surface area (Å²) >= 11 is 1.45. The molecule has 158 valence electrons. The Bertz CT molecular complexity index is 1120. The molecule has 0 bridgehead atoms. The van der Waals surface area contributed by atoms with Crippen LogP contribution in [0.5, 0.6) is 0 Å². The fraction of sp³-hybridized carbons (Fsp3) is 0.231. The van der Waals surface area contributed by atoms with E-state index in [1.807, 2.05) is 85.8 Å². The summed E-state index contributed by atoms with van der Waals surface area (Å²) in [5, 5.41) is 0. The summed E-state index contributed by atoms with van der Waals surface area (Å²) in [6.07, 6.45) is -0.658. The number of imide groups is 1. The molecule has 5 heteroatoms. The number of ether oxygens (including phenoxy) is 1. The van der Waals surface area contributed by atoms with Crippen LogP contribution in [-0.2, 0) is 14.3 Å². The maximum atomic E-state index is 14.1. The molecule has 1 aliphatic heterocycles. The predicted molar refractivity (Wildman–Crippen MR) is 124 cm³/mol. The van der Waals surface area contributed by atoms with Gasteiger partial charge in [-0.3, -0.25) is 4.79 Å². The van der Waals surface area contributed by atoms with Crippen molar-refractivity contribution >= 4 is 29.4 Å². The van der Waals surface area contributed by atoms with Gasteiger partial charge in [0.1, 0.15) is 5.60 Å². The zero-order valence-electron chi connectivity index (χ0n) is 18.1. The highest BCUT2D eigenvalue weighted by Crippen LogP contribution is 2.55. The Balaban J connectivity index is 1.95. The van der Waals surface area contributed by atoms with Gasteiger partial charge in [0.25, 0.3) is 5.91 Å². The molecule has 31 heavy (non-hydrogen) atoms. The molecule has 4 rings (SSSR count). The highest BCUT2D eigenvalue weighted by Gasteiger charge is 2.55. The number of anilines is 1. The van der Waals surface area contributed by atoms with E-state index in [0.29, 0.717) is 5.69 Å². The van der Waals surface area contributed by atoms with Crippen molar-refractivity contribution in [3.63, 3.8) is 0 Å². The van der Waals surface area contributed by atoms with E-state index < -0.39 is 16.4 Å². The first-order valence-corrected chi connectivity index (χ1v) is 11.0. The molecule has 0 fully saturated rings. The monoisotopic (exact) mass is 431 g/mol. The number of carbonyl (C=O) groups excluding carboxylic acids is 2. The second-order valence-electron chi connectivity index (χ2n) is 8.60. The number of rotatable bonds is 3. The molecular weight excluding hydrogens is 406 g/mol. The lowest BCUT2D eigenvalue weighted by atomic mass is 9.90. The molecule has 1 aliphatic rings. The quantitative estimate of drug-likeness (QED) is 0.487. The normalized spacial score (nSPS) is 18.1. The number of hydrogen-bond donors (Lipinski definition) is 0. The van der Waals surface area contributed by atoms with Crippen molar-refractivity contribution in [2.45, 2.75) is 42.9 Å². The van der Waals surface area contributed by atoms with Gasteiger partial charge in [-0.15, -0.1) is 0 Å². The topological polar surface area (TPSA) is 46.6 Å². The molecule has 0 saturated carbocycles. The number of amides is 2. The Hall–Kier alpha value is -3.05. The van der Waals surface area contributed by atoms with Crippen LogP contribution in [0.2, 0.25) is 0 Å². The van der Waals surface area contributed by atoms with Crippen LogP contribution < -0.4 is 4.90 Å². The largest absolute Gasteiger partial charge is 0.443 e. The highest BCUT2D eigenvalue weighted by atomic mass is 32.2. The number of hydrogen-bond acceptors (Lipinski definition) is 4. The van der Waals surface area contributed by atoms with Crippen LogP contribution in [0.15, 0.2) is 83.8 Å². The third-order valence-electron chi connectivity index (χ3n) is 5.05. The molecule has 0 N–H and O–H groups in total. The maximum absolute atomic E-state index is 14.1. The lowest BCUT2D eigenvalue weighted by Gasteiger charge is -2.29. The van der Waals surface area contributed by atoms with Gasteiger partial charge in [0.05, 0.1) is 5.69 Å². The Morgan fingerprint density at radius 1 is 0.935 bits per heavy atom. The zero-order chi connectivity index (χ0) is 22.2. The molecule has 0 aromatic heterocycles. The van der Waals surface area contributed by atoms with Gasteiger partial charge in [0, 0.05) is 10.5 Å². The first-order chi connectivity index (χ1) is 14.7. The average molecular weight is 432 g/mol. The molecule has 4 nitrogen and oxygen atoms in total. The van der Waals surface area contributed by atoms with Gasteiger partial charge in [-0.25, -0.2) is 9.69 Å². The number of fused-ring (bicyclic) bond motifs is 1. The summed E-state index contributed by atoms with van der Waals surface area (Å²) in [5.41, 5.74) is 2.49. The Labute approximate surface area is 187 Å².